The van der Waals surface area contributed by atoms with E-state index in [1.54, 1.807) is 24.3 Å². The van der Waals surface area contributed by atoms with Gasteiger partial charge in [-0.25, -0.2) is 4.79 Å². The molecule has 6 heteroatoms. The van der Waals surface area contributed by atoms with E-state index in [1.807, 2.05) is 6.07 Å². The maximum absolute atomic E-state index is 11.8. The fraction of sp³-hybridized carbons (Fsp3) is 0.308. The van der Waals surface area contributed by atoms with Crippen LogP contribution in [-0.2, 0) is 19.1 Å². The lowest BCUT2D eigenvalue weighted by Gasteiger charge is -2.13. The second-order valence-electron chi connectivity index (χ2n) is 3.71. The van der Waals surface area contributed by atoms with Crippen LogP contribution in [0.4, 0.5) is 5.69 Å². The highest BCUT2D eigenvalue weighted by atomic mass is 16.6. The average Bonchev–Trinajstić information content (AvgIpc) is 2.39. The summed E-state index contributed by atoms with van der Waals surface area (Å²) >= 11 is 0. The highest BCUT2D eigenvalue weighted by Gasteiger charge is 2.18. The molecule has 0 aliphatic rings. The molecule has 0 saturated carbocycles. The van der Waals surface area contributed by atoms with E-state index in [0.29, 0.717) is 11.3 Å². The van der Waals surface area contributed by atoms with Crippen LogP contribution in [0, 0.1) is 11.3 Å². The van der Waals surface area contributed by atoms with Gasteiger partial charge < -0.3 is 14.8 Å². The van der Waals surface area contributed by atoms with Gasteiger partial charge in [-0.05, 0) is 19.1 Å². The number of nitrogens with one attached hydrogen (secondary N) is 1. The number of hydrogen-bond acceptors (Lipinski definition) is 5. The minimum absolute atomic E-state index is 0.216. The van der Waals surface area contributed by atoms with E-state index < -0.39 is 18.0 Å². The molecule has 0 radical (unpaired) electrons. The minimum atomic E-state index is -0.964. The van der Waals surface area contributed by atoms with Gasteiger partial charge in [0.25, 0.3) is 5.91 Å². The molecule has 0 aliphatic heterocycles. The van der Waals surface area contributed by atoms with Crippen LogP contribution >= 0.6 is 0 Å². The summed E-state index contributed by atoms with van der Waals surface area (Å²) in [5.74, 6) is -1.13. The van der Waals surface area contributed by atoms with Gasteiger partial charge in [0.1, 0.15) is 12.7 Å². The Balaban J connectivity index is 2.64. The molecule has 19 heavy (non-hydrogen) atoms. The molecule has 0 saturated heterocycles. The van der Waals surface area contributed by atoms with Crippen molar-refractivity contribution in [3.63, 3.8) is 0 Å². The molecule has 1 aromatic rings. The largest absolute Gasteiger partial charge is 0.451 e. The topological polar surface area (TPSA) is 88.4 Å². The van der Waals surface area contributed by atoms with Gasteiger partial charge in [-0.1, -0.05) is 12.1 Å². The third kappa shape index (κ3) is 4.41. The zero-order valence-corrected chi connectivity index (χ0v) is 10.7. The third-order valence-electron chi connectivity index (χ3n) is 2.25. The Morgan fingerprint density at radius 3 is 2.74 bits per heavy atom. The Hall–Kier alpha value is -2.39. The Labute approximate surface area is 110 Å². The molecule has 0 aliphatic carbocycles. The van der Waals surface area contributed by atoms with Gasteiger partial charge >= 0.3 is 5.97 Å². The summed E-state index contributed by atoms with van der Waals surface area (Å²) in [7, 11) is 1.36. The van der Waals surface area contributed by atoms with Crippen molar-refractivity contribution in [3.8, 4) is 6.07 Å². The molecule has 1 aromatic carbocycles. The molecule has 1 N–H and O–H groups in total. The molecular formula is C13H14N2O4. The Morgan fingerprint density at radius 2 is 2.11 bits per heavy atom. The number of benzene rings is 1. The molecular weight excluding hydrogens is 248 g/mol. The molecule has 100 valence electrons. The van der Waals surface area contributed by atoms with Crippen LogP contribution in [0.2, 0.25) is 0 Å². The normalized spacial score (nSPS) is 11.2. The van der Waals surface area contributed by atoms with Crippen molar-refractivity contribution in [1.82, 2.24) is 0 Å². The number of nitriles is 1. The van der Waals surface area contributed by atoms with E-state index in [1.165, 1.54) is 14.0 Å². The average molecular weight is 262 g/mol. The molecule has 0 unspecified atom stereocenters. The van der Waals surface area contributed by atoms with Crippen LogP contribution in [0.25, 0.3) is 0 Å². The van der Waals surface area contributed by atoms with Crippen molar-refractivity contribution in [3.05, 3.63) is 29.8 Å². The lowest BCUT2D eigenvalue weighted by molar-refractivity contribution is -0.156. The van der Waals surface area contributed by atoms with E-state index in [0.717, 1.165) is 0 Å². The van der Waals surface area contributed by atoms with E-state index in [2.05, 4.69) is 10.1 Å². The van der Waals surface area contributed by atoms with Crippen molar-refractivity contribution < 1.29 is 19.1 Å². The van der Waals surface area contributed by atoms with Crippen molar-refractivity contribution in [1.29, 1.82) is 5.26 Å². The number of nitrogens with zero attached hydrogens (tertiary/aromatic N) is 1. The Morgan fingerprint density at radius 1 is 1.42 bits per heavy atom. The highest BCUT2D eigenvalue weighted by molar-refractivity contribution is 5.96. The number of amides is 1. The first-order valence-electron chi connectivity index (χ1n) is 5.57. The summed E-state index contributed by atoms with van der Waals surface area (Å²) in [5.41, 5.74) is 0.718. The highest BCUT2D eigenvalue weighted by Crippen LogP contribution is 2.14. The van der Waals surface area contributed by atoms with Crippen molar-refractivity contribution in [2.45, 2.75) is 13.0 Å². The van der Waals surface area contributed by atoms with Gasteiger partial charge in [0.15, 0.2) is 6.10 Å². The van der Waals surface area contributed by atoms with Gasteiger partial charge in [-0.15, -0.1) is 0 Å². The second kappa shape index (κ2) is 7.13. The lowest BCUT2D eigenvalue weighted by atomic mass is 10.2. The fourth-order valence-electron chi connectivity index (χ4n) is 1.33. The maximum Gasteiger partial charge on any atom is 0.332 e. The SMILES string of the molecule is COCC(=O)O[C@H](C)C(=O)Nc1ccccc1C#N. The predicted molar refractivity (Wildman–Crippen MR) is 67.2 cm³/mol. The van der Waals surface area contributed by atoms with Crippen LogP contribution in [0.15, 0.2) is 24.3 Å². The van der Waals surface area contributed by atoms with Crippen LogP contribution in [0.3, 0.4) is 0 Å². The van der Waals surface area contributed by atoms with E-state index >= 15 is 0 Å². The number of para-hydroxylation sites is 1. The van der Waals surface area contributed by atoms with Crippen molar-refractivity contribution in [2.75, 3.05) is 19.0 Å². The number of rotatable bonds is 5. The number of hydrogen-bond donors (Lipinski definition) is 1. The monoisotopic (exact) mass is 262 g/mol. The Kier molecular flexibility index (Phi) is 5.51. The van der Waals surface area contributed by atoms with Crippen molar-refractivity contribution >= 4 is 17.6 Å². The van der Waals surface area contributed by atoms with Gasteiger partial charge in [-0.2, -0.15) is 5.26 Å². The fourth-order valence-corrected chi connectivity index (χ4v) is 1.33. The first-order valence-corrected chi connectivity index (χ1v) is 5.57. The lowest BCUT2D eigenvalue weighted by Crippen LogP contribution is -2.31. The maximum atomic E-state index is 11.8. The van der Waals surface area contributed by atoms with E-state index in [4.69, 9.17) is 10.00 Å². The summed E-state index contributed by atoms with van der Waals surface area (Å²) in [6.45, 7) is 1.23. The molecule has 0 aromatic heterocycles. The summed E-state index contributed by atoms with van der Waals surface area (Å²) in [6, 6.07) is 8.52. The minimum Gasteiger partial charge on any atom is -0.451 e. The van der Waals surface area contributed by atoms with Crippen LogP contribution in [0.1, 0.15) is 12.5 Å². The number of carbonyl (C=O) groups is 2. The molecule has 0 heterocycles. The third-order valence-corrected chi connectivity index (χ3v) is 2.25. The van der Waals surface area contributed by atoms with E-state index in [9.17, 15) is 9.59 Å². The summed E-state index contributed by atoms with van der Waals surface area (Å²) in [6.07, 6.45) is -0.964. The molecule has 0 spiro atoms. The number of carbonyl (C=O) groups excluding carboxylic acids is 2. The molecule has 6 nitrogen and oxygen atoms in total. The molecule has 1 atom stereocenters. The molecule has 0 bridgehead atoms. The second-order valence-corrected chi connectivity index (χ2v) is 3.71. The van der Waals surface area contributed by atoms with Gasteiger partial charge in [-0.3, -0.25) is 4.79 Å². The molecule has 0 fully saturated rings. The Bertz CT molecular complexity index is 508. The zero-order chi connectivity index (χ0) is 14.3. The quantitative estimate of drug-likeness (QED) is 0.802. The number of esters is 1. The van der Waals surface area contributed by atoms with Crippen LogP contribution in [0.5, 0.6) is 0 Å². The summed E-state index contributed by atoms with van der Waals surface area (Å²) < 4.78 is 9.43. The van der Waals surface area contributed by atoms with Crippen LogP contribution < -0.4 is 5.32 Å². The summed E-state index contributed by atoms with van der Waals surface area (Å²) in [5, 5.41) is 11.4. The standard InChI is InChI=1S/C13H14N2O4/c1-9(19-12(16)8-18-2)13(17)15-11-6-4-3-5-10(11)7-14/h3-6,9H,8H2,1-2H3,(H,15,17)/t9-/m1/s1. The first-order chi connectivity index (χ1) is 9.08. The summed E-state index contributed by atoms with van der Waals surface area (Å²) in [4.78, 5) is 22.9. The van der Waals surface area contributed by atoms with Gasteiger partial charge in [0, 0.05) is 7.11 Å². The van der Waals surface area contributed by atoms with E-state index in [-0.39, 0.29) is 6.61 Å². The first kappa shape index (κ1) is 14.7. The number of ether oxygens (including phenoxy) is 2. The number of anilines is 1. The number of methoxy groups -OCH3 is 1. The van der Waals surface area contributed by atoms with Gasteiger partial charge in [0.2, 0.25) is 0 Å². The van der Waals surface area contributed by atoms with Crippen LogP contribution in [-0.4, -0.2) is 31.7 Å². The van der Waals surface area contributed by atoms with Crippen molar-refractivity contribution in [2.24, 2.45) is 0 Å². The molecule has 1 rings (SSSR count). The molecule has 1 amide bonds. The zero-order valence-electron chi connectivity index (χ0n) is 10.7. The van der Waals surface area contributed by atoms with Gasteiger partial charge in [0.05, 0.1) is 11.3 Å². The predicted octanol–water partition coefficient (Wildman–Crippen LogP) is 1.07. The smallest absolute Gasteiger partial charge is 0.332 e.